The zero-order chi connectivity index (χ0) is 19.2. The lowest BCUT2D eigenvalue weighted by Crippen LogP contribution is -2.44. The average molecular weight is 525 g/mol. The first-order valence-electron chi connectivity index (χ1n) is 10.5. The van der Waals surface area contributed by atoms with Gasteiger partial charge in [-0.05, 0) is 61.7 Å². The van der Waals surface area contributed by atoms with E-state index in [1.54, 1.807) is 0 Å². The van der Waals surface area contributed by atoms with Gasteiger partial charge in [-0.1, -0.05) is 36.4 Å². The fraction of sp³-hybridized carbons (Fsp3) is 0.522. The standard InChI is InChI=1S/C23H32N4S.HI/c1-24-22(26-18-23(11-12-23)20-6-3-2-4-7-20)25-16-19-9-13-27(14-10-19)17-21-8-5-15-28-21;/h2-8,15,19H,9-14,16-18H2,1H3,(H2,24,25,26);1H. The summed E-state index contributed by atoms with van der Waals surface area (Å²) in [6.07, 6.45) is 5.07. The van der Waals surface area contributed by atoms with E-state index in [2.05, 4.69) is 68.4 Å². The van der Waals surface area contributed by atoms with Gasteiger partial charge in [0, 0.05) is 37.0 Å². The van der Waals surface area contributed by atoms with Crippen molar-refractivity contribution in [1.29, 1.82) is 0 Å². The summed E-state index contributed by atoms with van der Waals surface area (Å²) < 4.78 is 0. The van der Waals surface area contributed by atoms with Crippen LogP contribution in [0.4, 0.5) is 0 Å². The second-order valence-electron chi connectivity index (χ2n) is 8.25. The number of hydrogen-bond donors (Lipinski definition) is 2. The lowest BCUT2D eigenvalue weighted by molar-refractivity contribution is 0.179. The molecule has 0 spiro atoms. The first-order valence-corrected chi connectivity index (χ1v) is 11.4. The van der Waals surface area contributed by atoms with Gasteiger partial charge < -0.3 is 10.6 Å². The molecule has 29 heavy (non-hydrogen) atoms. The Labute approximate surface area is 196 Å². The van der Waals surface area contributed by atoms with Crippen LogP contribution in [0, 0.1) is 5.92 Å². The summed E-state index contributed by atoms with van der Waals surface area (Å²) in [7, 11) is 1.88. The molecule has 2 aromatic rings. The van der Waals surface area contributed by atoms with Crippen LogP contribution < -0.4 is 10.6 Å². The molecule has 1 saturated heterocycles. The van der Waals surface area contributed by atoms with Gasteiger partial charge in [-0.3, -0.25) is 9.89 Å². The Morgan fingerprint density at radius 1 is 1.10 bits per heavy atom. The molecule has 4 rings (SSSR count). The van der Waals surface area contributed by atoms with E-state index < -0.39 is 0 Å². The Morgan fingerprint density at radius 2 is 1.86 bits per heavy atom. The molecule has 2 heterocycles. The number of nitrogens with one attached hydrogen (secondary N) is 2. The van der Waals surface area contributed by atoms with Crippen LogP contribution in [-0.2, 0) is 12.0 Å². The zero-order valence-electron chi connectivity index (χ0n) is 17.3. The third-order valence-corrected chi connectivity index (χ3v) is 7.14. The van der Waals surface area contributed by atoms with E-state index in [9.17, 15) is 0 Å². The molecule has 4 nitrogen and oxygen atoms in total. The van der Waals surface area contributed by atoms with E-state index in [4.69, 9.17) is 0 Å². The van der Waals surface area contributed by atoms with Gasteiger partial charge in [-0.25, -0.2) is 0 Å². The van der Waals surface area contributed by atoms with Crippen molar-refractivity contribution in [1.82, 2.24) is 15.5 Å². The first kappa shape index (κ1) is 22.6. The summed E-state index contributed by atoms with van der Waals surface area (Å²) in [6, 6.07) is 15.3. The third kappa shape index (κ3) is 6.18. The van der Waals surface area contributed by atoms with Gasteiger partial charge in [-0.2, -0.15) is 0 Å². The van der Waals surface area contributed by atoms with E-state index in [0.29, 0.717) is 5.41 Å². The molecule has 2 fully saturated rings. The normalized spacial score (nSPS) is 19.4. The number of benzene rings is 1. The SMILES string of the molecule is CN=C(NCC1CCN(Cc2cccs2)CC1)NCC1(c2ccccc2)CC1.I. The number of likely N-dealkylation sites (tertiary alicyclic amines) is 1. The summed E-state index contributed by atoms with van der Waals surface area (Å²) >= 11 is 1.87. The van der Waals surface area contributed by atoms with E-state index in [-0.39, 0.29) is 24.0 Å². The highest BCUT2D eigenvalue weighted by Gasteiger charge is 2.44. The minimum atomic E-state index is 0. The predicted molar refractivity (Wildman–Crippen MR) is 134 cm³/mol. The predicted octanol–water partition coefficient (Wildman–Crippen LogP) is 4.47. The van der Waals surface area contributed by atoms with Crippen LogP contribution in [0.1, 0.15) is 36.1 Å². The second kappa shape index (κ2) is 10.8. The van der Waals surface area contributed by atoms with Gasteiger partial charge in [-0.15, -0.1) is 35.3 Å². The molecule has 1 aromatic heterocycles. The number of thiophene rings is 1. The molecular weight excluding hydrogens is 491 g/mol. The quantitative estimate of drug-likeness (QED) is 0.319. The fourth-order valence-electron chi connectivity index (χ4n) is 4.20. The summed E-state index contributed by atoms with van der Waals surface area (Å²) in [5.41, 5.74) is 1.77. The smallest absolute Gasteiger partial charge is 0.191 e. The van der Waals surface area contributed by atoms with Crippen LogP contribution in [0.3, 0.4) is 0 Å². The molecule has 1 aliphatic heterocycles. The molecule has 158 valence electrons. The van der Waals surface area contributed by atoms with Crippen molar-refractivity contribution < 1.29 is 0 Å². The monoisotopic (exact) mass is 524 g/mol. The molecule has 2 N–H and O–H groups in total. The molecule has 0 unspecified atom stereocenters. The Bertz CT molecular complexity index is 750. The summed E-state index contributed by atoms with van der Waals surface area (Å²) in [5.74, 6) is 1.69. The van der Waals surface area contributed by atoms with E-state index in [1.165, 1.54) is 49.2 Å². The number of guanidine groups is 1. The van der Waals surface area contributed by atoms with Gasteiger partial charge in [0.1, 0.15) is 0 Å². The Hall–Kier alpha value is -1.12. The number of aliphatic imine (C=N–C) groups is 1. The Morgan fingerprint density at radius 3 is 2.48 bits per heavy atom. The lowest BCUT2D eigenvalue weighted by Gasteiger charge is -2.32. The number of hydrogen-bond acceptors (Lipinski definition) is 3. The highest BCUT2D eigenvalue weighted by atomic mass is 127. The minimum Gasteiger partial charge on any atom is -0.356 e. The van der Waals surface area contributed by atoms with Crippen molar-refractivity contribution >= 4 is 41.3 Å². The van der Waals surface area contributed by atoms with E-state index in [0.717, 1.165) is 31.5 Å². The molecule has 2 aliphatic rings. The van der Waals surface area contributed by atoms with Crippen LogP contribution in [0.5, 0.6) is 0 Å². The van der Waals surface area contributed by atoms with Crippen LogP contribution in [0.15, 0.2) is 52.8 Å². The van der Waals surface area contributed by atoms with Gasteiger partial charge in [0.05, 0.1) is 0 Å². The van der Waals surface area contributed by atoms with E-state index in [1.807, 2.05) is 18.4 Å². The summed E-state index contributed by atoms with van der Waals surface area (Å²) in [4.78, 5) is 8.52. The topological polar surface area (TPSA) is 39.7 Å². The maximum absolute atomic E-state index is 4.45. The highest BCUT2D eigenvalue weighted by molar-refractivity contribution is 14.0. The van der Waals surface area contributed by atoms with Gasteiger partial charge in [0.15, 0.2) is 5.96 Å². The molecule has 1 aromatic carbocycles. The molecular formula is C23H33IN4S. The Balaban J connectivity index is 0.00000240. The van der Waals surface area contributed by atoms with Crippen molar-refractivity contribution in [2.45, 2.75) is 37.6 Å². The fourth-order valence-corrected chi connectivity index (χ4v) is 4.94. The van der Waals surface area contributed by atoms with Crippen LogP contribution >= 0.6 is 35.3 Å². The van der Waals surface area contributed by atoms with E-state index >= 15 is 0 Å². The van der Waals surface area contributed by atoms with Crippen molar-refractivity contribution in [3.63, 3.8) is 0 Å². The maximum atomic E-state index is 4.45. The number of nitrogens with zero attached hydrogens (tertiary/aromatic N) is 2. The molecule has 0 atom stereocenters. The molecule has 0 radical (unpaired) electrons. The average Bonchev–Trinajstić information content (AvgIpc) is 3.37. The van der Waals surface area contributed by atoms with Crippen LogP contribution in [0.2, 0.25) is 0 Å². The van der Waals surface area contributed by atoms with Gasteiger partial charge in [0.2, 0.25) is 0 Å². The number of halogens is 1. The zero-order valence-corrected chi connectivity index (χ0v) is 20.4. The van der Waals surface area contributed by atoms with Gasteiger partial charge in [0.25, 0.3) is 0 Å². The second-order valence-corrected chi connectivity index (χ2v) is 9.28. The molecule has 0 bridgehead atoms. The van der Waals surface area contributed by atoms with Gasteiger partial charge >= 0.3 is 0 Å². The largest absolute Gasteiger partial charge is 0.356 e. The lowest BCUT2D eigenvalue weighted by atomic mass is 9.96. The minimum absolute atomic E-state index is 0. The van der Waals surface area contributed by atoms with Crippen molar-refractivity contribution in [2.75, 3.05) is 33.2 Å². The molecule has 1 aliphatic carbocycles. The highest BCUT2D eigenvalue weighted by Crippen LogP contribution is 2.47. The van der Waals surface area contributed by atoms with Crippen LogP contribution in [0.25, 0.3) is 0 Å². The molecule has 0 amide bonds. The van der Waals surface area contributed by atoms with Crippen LogP contribution in [-0.4, -0.2) is 44.1 Å². The third-order valence-electron chi connectivity index (χ3n) is 6.28. The van der Waals surface area contributed by atoms with Crippen molar-refractivity contribution in [3.8, 4) is 0 Å². The number of piperidine rings is 1. The van der Waals surface area contributed by atoms with Crippen molar-refractivity contribution in [2.24, 2.45) is 10.9 Å². The molecule has 6 heteroatoms. The van der Waals surface area contributed by atoms with Crippen molar-refractivity contribution in [3.05, 3.63) is 58.3 Å². The molecule has 1 saturated carbocycles. The summed E-state index contributed by atoms with van der Waals surface area (Å²) in [5, 5.41) is 9.33. The number of rotatable bonds is 7. The summed E-state index contributed by atoms with van der Waals surface area (Å²) in [6.45, 7) is 5.50. The first-order chi connectivity index (χ1) is 13.8. The maximum Gasteiger partial charge on any atom is 0.191 e. The Kier molecular flexibility index (Phi) is 8.38.